The summed E-state index contributed by atoms with van der Waals surface area (Å²) >= 11 is 6.31. The van der Waals surface area contributed by atoms with E-state index in [-0.39, 0.29) is 23.3 Å². The fourth-order valence-corrected chi connectivity index (χ4v) is 4.08. The highest BCUT2D eigenvalue weighted by atomic mass is 35.5. The lowest BCUT2D eigenvalue weighted by molar-refractivity contribution is 0.323. The number of hydrogen-bond acceptors (Lipinski definition) is 10. The van der Waals surface area contributed by atoms with Crippen LogP contribution in [0, 0.1) is 13.8 Å². The molecule has 0 fully saturated rings. The maximum absolute atomic E-state index is 9.64. The molecule has 11 nitrogen and oxygen atoms in total. The Balaban J connectivity index is 1.71. The van der Waals surface area contributed by atoms with E-state index >= 15 is 0 Å². The molecule has 184 valence electrons. The van der Waals surface area contributed by atoms with Crippen molar-refractivity contribution in [2.45, 2.75) is 53.1 Å². The number of halogens is 1. The van der Waals surface area contributed by atoms with Gasteiger partial charge in [-0.2, -0.15) is 5.10 Å². The third-order valence-corrected chi connectivity index (χ3v) is 6.03. The Morgan fingerprint density at radius 2 is 1.97 bits per heavy atom. The van der Waals surface area contributed by atoms with E-state index in [0.717, 1.165) is 22.6 Å². The van der Waals surface area contributed by atoms with Crippen LogP contribution in [0.4, 0.5) is 5.69 Å². The smallest absolute Gasteiger partial charge is 0.478 e. The number of nitrogens with one attached hydrogen (secondary N) is 1. The Labute approximate surface area is 207 Å². The molecule has 0 aliphatic heterocycles. The number of pyridine rings is 2. The van der Waals surface area contributed by atoms with Crippen LogP contribution in [-0.2, 0) is 6.54 Å². The Morgan fingerprint density at radius 3 is 2.63 bits per heavy atom. The van der Waals surface area contributed by atoms with Crippen molar-refractivity contribution in [2.24, 2.45) is 0 Å². The standard InChI is InChI=1S/C22H27BClN7O4/c1-6-34-22-15(23(32)33)7-8-16(26-22)11(2)13(4)31-21-17(25-10-19-29-28-14(5)35-19)9-18(24)27-20(21)12(3)30-31/h7-9,11,13,32-33H,6,10H2,1-5H3,(H,25,27). The highest BCUT2D eigenvalue weighted by Crippen LogP contribution is 2.35. The summed E-state index contributed by atoms with van der Waals surface area (Å²) in [6.07, 6.45) is 0. The molecule has 4 heterocycles. The average molecular weight is 500 g/mol. The van der Waals surface area contributed by atoms with Crippen molar-refractivity contribution < 1.29 is 19.2 Å². The quantitative estimate of drug-likeness (QED) is 0.232. The summed E-state index contributed by atoms with van der Waals surface area (Å²) in [5.41, 5.74) is 3.89. The number of hydrogen-bond donors (Lipinski definition) is 3. The molecule has 0 aliphatic carbocycles. The van der Waals surface area contributed by atoms with Gasteiger partial charge in [0, 0.05) is 30.1 Å². The third-order valence-electron chi connectivity index (χ3n) is 5.84. The predicted octanol–water partition coefficient (Wildman–Crippen LogP) is 2.53. The molecule has 35 heavy (non-hydrogen) atoms. The number of ether oxygens (including phenoxy) is 1. The van der Waals surface area contributed by atoms with E-state index < -0.39 is 7.12 Å². The summed E-state index contributed by atoms with van der Waals surface area (Å²) in [6, 6.07) is 4.98. The minimum Gasteiger partial charge on any atom is -0.478 e. The van der Waals surface area contributed by atoms with Gasteiger partial charge >= 0.3 is 7.12 Å². The second-order valence-electron chi connectivity index (χ2n) is 8.25. The summed E-state index contributed by atoms with van der Waals surface area (Å²) in [7, 11) is -1.67. The SMILES string of the molecule is CCOc1nc(C(C)C(C)n2nc(C)c3nc(Cl)cc(NCc4nnc(C)o4)c32)ccc1B(O)O. The molecule has 0 saturated heterocycles. The van der Waals surface area contributed by atoms with Crippen LogP contribution in [0.15, 0.2) is 22.6 Å². The lowest BCUT2D eigenvalue weighted by atomic mass is 9.80. The molecule has 0 aliphatic rings. The number of nitrogens with zero attached hydrogens (tertiary/aromatic N) is 6. The van der Waals surface area contributed by atoms with Crippen LogP contribution >= 0.6 is 11.6 Å². The van der Waals surface area contributed by atoms with Gasteiger partial charge in [-0.3, -0.25) is 4.68 Å². The van der Waals surface area contributed by atoms with Gasteiger partial charge in [-0.1, -0.05) is 24.6 Å². The number of rotatable bonds is 9. The summed E-state index contributed by atoms with van der Waals surface area (Å²) in [5, 5.41) is 35.6. The van der Waals surface area contributed by atoms with Crippen molar-refractivity contribution in [3.8, 4) is 5.88 Å². The lowest BCUT2D eigenvalue weighted by Crippen LogP contribution is -2.32. The van der Waals surface area contributed by atoms with Crippen LogP contribution < -0.4 is 15.5 Å². The van der Waals surface area contributed by atoms with Crippen LogP contribution in [0.5, 0.6) is 5.88 Å². The molecular formula is C22H27BClN7O4. The molecule has 4 aromatic rings. The molecule has 2 unspecified atom stereocenters. The van der Waals surface area contributed by atoms with E-state index in [9.17, 15) is 10.0 Å². The summed E-state index contributed by atoms with van der Waals surface area (Å²) in [6.45, 7) is 10.2. The van der Waals surface area contributed by atoms with Crippen LogP contribution in [0.1, 0.15) is 55.9 Å². The van der Waals surface area contributed by atoms with E-state index in [1.807, 2.05) is 32.4 Å². The van der Waals surface area contributed by atoms with Crippen molar-refractivity contribution in [3.05, 3.63) is 46.5 Å². The maximum atomic E-state index is 9.64. The molecule has 0 spiro atoms. The molecule has 3 N–H and O–H groups in total. The Hall–Kier alpha value is -3.22. The van der Waals surface area contributed by atoms with Crippen molar-refractivity contribution in [1.29, 1.82) is 0 Å². The van der Waals surface area contributed by atoms with E-state index in [0.29, 0.717) is 35.6 Å². The number of anilines is 1. The van der Waals surface area contributed by atoms with Crippen LogP contribution in [0.2, 0.25) is 5.15 Å². The second kappa shape index (κ2) is 10.2. The molecule has 13 heteroatoms. The van der Waals surface area contributed by atoms with Gasteiger partial charge in [0.2, 0.25) is 17.7 Å². The summed E-state index contributed by atoms with van der Waals surface area (Å²) < 4.78 is 12.9. The molecule has 4 aromatic heterocycles. The monoisotopic (exact) mass is 499 g/mol. The van der Waals surface area contributed by atoms with Gasteiger partial charge in [0.15, 0.2) is 0 Å². The van der Waals surface area contributed by atoms with E-state index in [4.69, 9.17) is 25.9 Å². The van der Waals surface area contributed by atoms with Gasteiger partial charge in [0.25, 0.3) is 0 Å². The molecule has 0 saturated carbocycles. The van der Waals surface area contributed by atoms with Gasteiger partial charge < -0.3 is 24.5 Å². The zero-order chi connectivity index (χ0) is 25.3. The van der Waals surface area contributed by atoms with E-state index in [1.54, 1.807) is 25.1 Å². The highest BCUT2D eigenvalue weighted by molar-refractivity contribution is 6.59. The van der Waals surface area contributed by atoms with Crippen molar-refractivity contribution in [3.63, 3.8) is 0 Å². The number of fused-ring (bicyclic) bond motifs is 1. The Morgan fingerprint density at radius 1 is 1.20 bits per heavy atom. The molecule has 0 radical (unpaired) electrons. The van der Waals surface area contributed by atoms with Gasteiger partial charge in [-0.15, -0.1) is 10.2 Å². The first-order valence-corrected chi connectivity index (χ1v) is 11.6. The topological polar surface area (TPSA) is 144 Å². The van der Waals surface area contributed by atoms with Crippen LogP contribution in [0.25, 0.3) is 11.0 Å². The van der Waals surface area contributed by atoms with Gasteiger partial charge in [-0.25, -0.2) is 9.97 Å². The maximum Gasteiger partial charge on any atom is 0.494 e. The van der Waals surface area contributed by atoms with Gasteiger partial charge in [-0.05, 0) is 26.8 Å². The molecule has 2 atom stereocenters. The fourth-order valence-electron chi connectivity index (χ4n) is 3.89. The molecule has 4 rings (SSSR count). The van der Waals surface area contributed by atoms with Crippen molar-refractivity contribution >= 4 is 40.9 Å². The fraction of sp³-hybridized carbons (Fsp3) is 0.409. The van der Waals surface area contributed by atoms with Gasteiger partial charge in [0.1, 0.15) is 16.2 Å². The number of aryl methyl sites for hydroxylation is 2. The summed E-state index contributed by atoms with van der Waals surface area (Å²) in [5.74, 6) is 1.03. The third kappa shape index (κ3) is 5.09. The number of aromatic nitrogens is 6. The molecule has 0 bridgehead atoms. The highest BCUT2D eigenvalue weighted by Gasteiger charge is 2.26. The zero-order valence-corrected chi connectivity index (χ0v) is 20.9. The Kier molecular flexibility index (Phi) is 7.24. The minimum absolute atomic E-state index is 0.108. The van der Waals surface area contributed by atoms with Crippen LogP contribution in [-0.4, -0.2) is 53.7 Å². The van der Waals surface area contributed by atoms with E-state index in [2.05, 4.69) is 25.5 Å². The van der Waals surface area contributed by atoms with Crippen molar-refractivity contribution in [1.82, 2.24) is 29.9 Å². The zero-order valence-electron chi connectivity index (χ0n) is 20.2. The molecule has 0 aromatic carbocycles. The predicted molar refractivity (Wildman–Crippen MR) is 132 cm³/mol. The Bertz CT molecular complexity index is 1340. The first-order valence-electron chi connectivity index (χ1n) is 11.3. The average Bonchev–Trinajstić information content (AvgIpc) is 3.39. The lowest BCUT2D eigenvalue weighted by Gasteiger charge is -2.23. The second-order valence-corrected chi connectivity index (χ2v) is 8.64. The summed E-state index contributed by atoms with van der Waals surface area (Å²) in [4.78, 5) is 9.07. The molecular weight excluding hydrogens is 473 g/mol. The first kappa shape index (κ1) is 24.9. The minimum atomic E-state index is -1.67. The molecule has 0 amide bonds. The van der Waals surface area contributed by atoms with Crippen LogP contribution in [0.3, 0.4) is 0 Å². The van der Waals surface area contributed by atoms with E-state index in [1.165, 1.54) is 0 Å². The normalized spacial score (nSPS) is 13.1. The largest absolute Gasteiger partial charge is 0.494 e. The van der Waals surface area contributed by atoms with Crippen molar-refractivity contribution in [2.75, 3.05) is 11.9 Å². The first-order chi connectivity index (χ1) is 16.7. The van der Waals surface area contributed by atoms with Gasteiger partial charge in [0.05, 0.1) is 30.6 Å².